The van der Waals surface area contributed by atoms with Gasteiger partial charge in [-0.2, -0.15) is 9.03 Å². The summed E-state index contributed by atoms with van der Waals surface area (Å²) in [7, 11) is -7.40. The Hall–Kier alpha value is -2.47. The molecule has 9 nitrogen and oxygen atoms in total. The summed E-state index contributed by atoms with van der Waals surface area (Å²) < 4.78 is 59.8. The van der Waals surface area contributed by atoms with Gasteiger partial charge in [0.05, 0.1) is 22.4 Å². The average Bonchev–Trinajstić information content (AvgIpc) is 2.83. The molecular formula is C23H31N3O6S2. The molecule has 1 amide bonds. The fraction of sp³-hybridized carbons (Fsp3) is 0.435. The molecular weight excluding hydrogens is 478 g/mol. The second kappa shape index (κ2) is 11.3. The van der Waals surface area contributed by atoms with Crippen LogP contribution in [0, 0.1) is 0 Å². The van der Waals surface area contributed by atoms with Gasteiger partial charge in [-0.25, -0.2) is 16.8 Å². The van der Waals surface area contributed by atoms with E-state index in [-0.39, 0.29) is 16.3 Å². The summed E-state index contributed by atoms with van der Waals surface area (Å²) in [6.45, 7) is 4.96. The normalized spacial score (nSPS) is 16.1. The number of nitrogens with zero attached hydrogens (tertiary/aromatic N) is 1. The number of carbonyl (C=O) groups excluding carboxylic acids is 1. The number of benzene rings is 2. The largest absolute Gasteiger partial charge is 0.494 e. The van der Waals surface area contributed by atoms with Gasteiger partial charge in [0, 0.05) is 19.6 Å². The molecule has 1 atom stereocenters. The molecule has 1 fully saturated rings. The molecule has 0 aromatic heterocycles. The number of rotatable bonds is 10. The lowest BCUT2D eigenvalue weighted by atomic mass is 10.2. The lowest BCUT2D eigenvalue weighted by Crippen LogP contribution is -2.44. The lowest BCUT2D eigenvalue weighted by Gasteiger charge is -2.25. The zero-order chi connectivity index (χ0) is 24.8. The van der Waals surface area contributed by atoms with E-state index in [1.807, 2.05) is 6.92 Å². The van der Waals surface area contributed by atoms with Crippen LogP contribution in [0.2, 0.25) is 0 Å². The highest BCUT2D eigenvalue weighted by Gasteiger charge is 2.26. The Morgan fingerprint density at radius 2 is 1.53 bits per heavy atom. The molecule has 1 saturated heterocycles. The van der Waals surface area contributed by atoms with Crippen LogP contribution in [0.5, 0.6) is 5.75 Å². The molecule has 186 valence electrons. The third-order valence-electron chi connectivity index (χ3n) is 5.51. The summed E-state index contributed by atoms with van der Waals surface area (Å²) in [6.07, 6.45) is 2.77. The minimum absolute atomic E-state index is 0.0288. The first-order valence-corrected chi connectivity index (χ1v) is 14.2. The van der Waals surface area contributed by atoms with Crippen LogP contribution in [0.15, 0.2) is 58.3 Å². The van der Waals surface area contributed by atoms with Gasteiger partial charge < -0.3 is 10.1 Å². The minimum atomic E-state index is -3.89. The number of hydrogen-bond donors (Lipinski definition) is 2. The summed E-state index contributed by atoms with van der Waals surface area (Å²) in [5.41, 5.74) is 0.701. The zero-order valence-corrected chi connectivity index (χ0v) is 21.0. The maximum absolute atomic E-state index is 12.7. The van der Waals surface area contributed by atoms with E-state index in [2.05, 4.69) is 10.0 Å². The van der Waals surface area contributed by atoms with Gasteiger partial charge in [-0.15, -0.1) is 0 Å². The third kappa shape index (κ3) is 6.56. The zero-order valence-electron chi connectivity index (χ0n) is 19.4. The fourth-order valence-electron chi connectivity index (χ4n) is 3.61. The minimum Gasteiger partial charge on any atom is -0.494 e. The van der Waals surface area contributed by atoms with Gasteiger partial charge in [-0.3, -0.25) is 4.79 Å². The van der Waals surface area contributed by atoms with Crippen LogP contribution in [0.25, 0.3) is 0 Å². The maximum Gasteiger partial charge on any atom is 0.243 e. The molecule has 11 heteroatoms. The van der Waals surface area contributed by atoms with Crippen LogP contribution in [0.4, 0.5) is 0 Å². The molecule has 3 rings (SSSR count). The predicted molar refractivity (Wildman–Crippen MR) is 128 cm³/mol. The summed E-state index contributed by atoms with van der Waals surface area (Å²) >= 11 is 0. The van der Waals surface area contributed by atoms with Gasteiger partial charge in [-0.1, -0.05) is 18.6 Å². The number of piperidine rings is 1. The lowest BCUT2D eigenvalue weighted by molar-refractivity contribution is -0.122. The number of ether oxygens (including phenoxy) is 1. The van der Waals surface area contributed by atoms with Crippen LogP contribution in [0.3, 0.4) is 0 Å². The Labute approximate surface area is 201 Å². The smallest absolute Gasteiger partial charge is 0.243 e. The van der Waals surface area contributed by atoms with Gasteiger partial charge in [-0.05, 0) is 68.7 Å². The SMILES string of the molecule is CCOc1ccc(S(=O)(=O)N[C@H](C)C(=O)NCc2ccc(S(=O)(=O)N3CCCCC3)cc2)cc1. The molecule has 2 N–H and O–H groups in total. The predicted octanol–water partition coefficient (Wildman–Crippen LogP) is 2.24. The van der Waals surface area contributed by atoms with Crippen molar-refractivity contribution in [2.24, 2.45) is 0 Å². The summed E-state index contributed by atoms with van der Waals surface area (Å²) in [5, 5.41) is 2.67. The number of carbonyl (C=O) groups is 1. The van der Waals surface area contributed by atoms with Gasteiger partial charge in [0.2, 0.25) is 26.0 Å². The average molecular weight is 510 g/mol. The van der Waals surface area contributed by atoms with Crippen molar-refractivity contribution in [2.75, 3.05) is 19.7 Å². The second-order valence-electron chi connectivity index (χ2n) is 8.07. The molecule has 0 aliphatic carbocycles. The second-order valence-corrected chi connectivity index (χ2v) is 11.7. The van der Waals surface area contributed by atoms with Crippen LogP contribution in [-0.4, -0.2) is 52.8 Å². The highest BCUT2D eigenvalue weighted by molar-refractivity contribution is 7.89. The van der Waals surface area contributed by atoms with E-state index < -0.39 is 32.0 Å². The van der Waals surface area contributed by atoms with Crippen molar-refractivity contribution in [1.82, 2.24) is 14.3 Å². The van der Waals surface area contributed by atoms with Crippen LogP contribution >= 0.6 is 0 Å². The molecule has 1 aliphatic heterocycles. The van der Waals surface area contributed by atoms with Crippen LogP contribution in [-0.2, 0) is 31.4 Å². The van der Waals surface area contributed by atoms with E-state index in [9.17, 15) is 21.6 Å². The molecule has 0 unspecified atom stereocenters. The number of hydrogen-bond acceptors (Lipinski definition) is 6. The highest BCUT2D eigenvalue weighted by Crippen LogP contribution is 2.21. The van der Waals surface area contributed by atoms with Crippen molar-refractivity contribution in [3.63, 3.8) is 0 Å². The van der Waals surface area contributed by atoms with Crippen molar-refractivity contribution < 1.29 is 26.4 Å². The summed E-state index contributed by atoms with van der Waals surface area (Å²) in [6, 6.07) is 11.3. The van der Waals surface area contributed by atoms with Crippen molar-refractivity contribution in [2.45, 2.75) is 55.5 Å². The fourth-order valence-corrected chi connectivity index (χ4v) is 6.33. The Morgan fingerprint density at radius 1 is 0.941 bits per heavy atom. The Kier molecular flexibility index (Phi) is 8.69. The number of sulfonamides is 2. The molecule has 1 heterocycles. The van der Waals surface area contributed by atoms with Crippen LogP contribution in [0.1, 0.15) is 38.7 Å². The first-order chi connectivity index (χ1) is 16.1. The molecule has 0 saturated carbocycles. The highest BCUT2D eigenvalue weighted by atomic mass is 32.2. The monoisotopic (exact) mass is 509 g/mol. The summed E-state index contributed by atoms with van der Waals surface area (Å²) in [5.74, 6) is 0.0570. The molecule has 0 spiro atoms. The quantitative estimate of drug-likeness (QED) is 0.507. The molecule has 0 radical (unpaired) electrons. The Bertz CT molecular complexity index is 1170. The third-order valence-corrected chi connectivity index (χ3v) is 8.98. The van der Waals surface area contributed by atoms with Crippen molar-refractivity contribution in [3.8, 4) is 5.75 Å². The van der Waals surface area contributed by atoms with E-state index in [1.165, 1.54) is 35.5 Å². The molecule has 2 aromatic carbocycles. The molecule has 2 aromatic rings. The summed E-state index contributed by atoms with van der Waals surface area (Å²) in [4.78, 5) is 12.7. The van der Waals surface area contributed by atoms with E-state index in [1.54, 1.807) is 24.3 Å². The van der Waals surface area contributed by atoms with Crippen molar-refractivity contribution in [1.29, 1.82) is 0 Å². The van der Waals surface area contributed by atoms with Gasteiger partial charge in [0.15, 0.2) is 0 Å². The topological polar surface area (TPSA) is 122 Å². The Balaban J connectivity index is 1.55. The maximum atomic E-state index is 12.7. The first kappa shape index (κ1) is 26.1. The number of amides is 1. The van der Waals surface area contributed by atoms with Gasteiger partial charge in [0.1, 0.15) is 5.75 Å². The first-order valence-electron chi connectivity index (χ1n) is 11.3. The standard InChI is InChI=1S/C23H31N3O6S2/c1-3-32-20-9-13-21(14-10-20)33(28,29)25-18(2)23(27)24-17-19-7-11-22(12-8-19)34(30,31)26-15-5-4-6-16-26/h7-14,18,25H,3-6,15-17H2,1-2H3,(H,24,27)/t18-/m1/s1. The molecule has 34 heavy (non-hydrogen) atoms. The number of nitrogens with one attached hydrogen (secondary N) is 2. The van der Waals surface area contributed by atoms with Gasteiger partial charge >= 0.3 is 0 Å². The Morgan fingerprint density at radius 3 is 2.12 bits per heavy atom. The van der Waals surface area contributed by atoms with Gasteiger partial charge in [0.25, 0.3) is 0 Å². The van der Waals surface area contributed by atoms with E-state index in [4.69, 9.17) is 4.74 Å². The van der Waals surface area contributed by atoms with E-state index >= 15 is 0 Å². The molecule has 0 bridgehead atoms. The van der Waals surface area contributed by atoms with E-state index in [0.29, 0.717) is 31.0 Å². The van der Waals surface area contributed by atoms with Crippen molar-refractivity contribution in [3.05, 3.63) is 54.1 Å². The van der Waals surface area contributed by atoms with E-state index in [0.717, 1.165) is 19.3 Å². The van der Waals surface area contributed by atoms with Crippen molar-refractivity contribution >= 4 is 26.0 Å². The van der Waals surface area contributed by atoms with Crippen LogP contribution < -0.4 is 14.8 Å². The molecule has 1 aliphatic rings.